The molecule has 3 aromatic carbocycles. The average molecular weight is 796 g/mol. The number of fused-ring (bicyclic) bond motifs is 1. The van der Waals surface area contributed by atoms with Crippen molar-refractivity contribution in [2.24, 2.45) is 11.8 Å². The first-order chi connectivity index (χ1) is 27.8. The van der Waals surface area contributed by atoms with Crippen LogP contribution in [0.5, 0.6) is 0 Å². The van der Waals surface area contributed by atoms with Crippen molar-refractivity contribution in [1.29, 1.82) is 0 Å². The third-order valence-corrected chi connectivity index (χ3v) is 13.8. The number of benzene rings is 3. The van der Waals surface area contributed by atoms with Crippen LogP contribution in [-0.4, -0.2) is 34.7 Å². The second-order valence-electron chi connectivity index (χ2n) is 15.8. The molecule has 2 aliphatic heterocycles. The van der Waals surface area contributed by atoms with Gasteiger partial charge in [0.25, 0.3) is 11.8 Å². The van der Waals surface area contributed by atoms with Crippen LogP contribution >= 0.6 is 22.7 Å². The maximum absolute atomic E-state index is 14.9. The predicted molar refractivity (Wildman–Crippen MR) is 242 cm³/mol. The monoisotopic (exact) mass is 795 g/mol. The van der Waals surface area contributed by atoms with Gasteiger partial charge in [0, 0.05) is 35.0 Å². The molecule has 7 rings (SSSR count). The molecule has 0 bridgehead atoms. The molecule has 0 saturated carbocycles. The number of hydrogen-bond donors (Lipinski definition) is 0. The van der Waals surface area contributed by atoms with Gasteiger partial charge in [-0.25, -0.2) is 0 Å². The molecule has 5 aromatic rings. The zero-order valence-corrected chi connectivity index (χ0v) is 36.1. The molecule has 0 N–H and O–H groups in total. The summed E-state index contributed by atoms with van der Waals surface area (Å²) in [6, 6.07) is 34.5. The van der Waals surface area contributed by atoms with Crippen LogP contribution in [-0.2, 0) is 9.59 Å². The SMILES string of the molecule is CCCCC(CC)CN1C(=O)C2=C(c3ccc(-c4ccc(N(c5ccc(C)cc5)c5ccc(C)cc5)cc4)s3)N(CC(CC)CCCC)C(=O)C2=C1c1cccs1. The number of thiophene rings is 2. The van der Waals surface area contributed by atoms with Gasteiger partial charge in [0.1, 0.15) is 0 Å². The lowest BCUT2D eigenvalue weighted by molar-refractivity contribution is -0.124. The summed E-state index contributed by atoms with van der Waals surface area (Å²) in [4.78, 5) is 39.1. The van der Waals surface area contributed by atoms with Gasteiger partial charge in [-0.15, -0.1) is 22.7 Å². The molecule has 2 aromatic heterocycles. The molecule has 5 nitrogen and oxygen atoms in total. The highest BCUT2D eigenvalue weighted by Crippen LogP contribution is 2.50. The van der Waals surface area contributed by atoms with Crippen molar-refractivity contribution in [3.63, 3.8) is 0 Å². The predicted octanol–water partition coefficient (Wildman–Crippen LogP) is 13.8. The summed E-state index contributed by atoms with van der Waals surface area (Å²) in [5.74, 6) is 0.682. The third kappa shape index (κ3) is 8.47. The second-order valence-corrected chi connectivity index (χ2v) is 17.8. The van der Waals surface area contributed by atoms with Crippen molar-refractivity contribution in [3.8, 4) is 10.4 Å². The lowest BCUT2D eigenvalue weighted by atomic mass is 9.98. The summed E-state index contributed by atoms with van der Waals surface area (Å²) in [5.41, 5.74) is 9.65. The number of unbranched alkanes of at least 4 members (excludes halogenated alkanes) is 2. The zero-order chi connectivity index (χ0) is 40.1. The molecular weight excluding hydrogens is 739 g/mol. The van der Waals surface area contributed by atoms with Crippen LogP contribution in [0.3, 0.4) is 0 Å². The van der Waals surface area contributed by atoms with Crippen LogP contribution in [0.25, 0.3) is 21.8 Å². The number of nitrogens with zero attached hydrogens (tertiary/aromatic N) is 3. The van der Waals surface area contributed by atoms with Gasteiger partial charge in [-0.2, -0.15) is 0 Å². The van der Waals surface area contributed by atoms with Gasteiger partial charge in [0.15, 0.2) is 0 Å². The standard InChI is InChI=1S/C50H57N3O2S2/c1-7-11-14-36(9-3)32-51-47(43-16-13-31-56-43)45-46(50(51)55)48(52(49(45)54)33-37(10-4)15-12-8-2)44-30-29-42(57-44)38-21-27-41(28-22-38)53(39-23-17-34(5)18-24-39)40-25-19-35(6)20-26-40/h13,16-31,36-37H,7-12,14-15,32-33H2,1-6H3. The van der Waals surface area contributed by atoms with Crippen molar-refractivity contribution < 1.29 is 9.59 Å². The lowest BCUT2D eigenvalue weighted by Gasteiger charge is -2.29. The maximum Gasteiger partial charge on any atom is 0.261 e. The number of aryl methyl sites for hydroxylation is 2. The van der Waals surface area contributed by atoms with E-state index in [-0.39, 0.29) is 11.8 Å². The molecule has 2 aliphatic rings. The van der Waals surface area contributed by atoms with Gasteiger partial charge in [0.2, 0.25) is 0 Å². The molecule has 0 radical (unpaired) electrons. The van der Waals surface area contributed by atoms with Crippen LogP contribution < -0.4 is 4.90 Å². The van der Waals surface area contributed by atoms with Gasteiger partial charge in [-0.1, -0.05) is 120 Å². The first-order valence-corrected chi connectivity index (χ1v) is 22.8. The van der Waals surface area contributed by atoms with Crippen LogP contribution in [0.1, 0.15) is 99.9 Å². The van der Waals surface area contributed by atoms with Crippen molar-refractivity contribution in [2.45, 2.75) is 92.9 Å². The fourth-order valence-electron chi connectivity index (χ4n) is 8.25. The molecule has 4 heterocycles. The number of hydrogen-bond acceptors (Lipinski definition) is 5. The summed E-state index contributed by atoms with van der Waals surface area (Å²) >= 11 is 3.29. The van der Waals surface area contributed by atoms with Gasteiger partial charge in [-0.05, 0) is 104 Å². The minimum atomic E-state index is -0.0255. The van der Waals surface area contributed by atoms with E-state index in [0.29, 0.717) is 36.1 Å². The number of carbonyl (C=O) groups is 2. The smallest absolute Gasteiger partial charge is 0.261 e. The van der Waals surface area contributed by atoms with E-state index in [0.717, 1.165) is 100 Å². The summed E-state index contributed by atoms with van der Waals surface area (Å²) in [6.07, 6.45) is 8.64. The normalized spacial score (nSPS) is 15.3. The van der Waals surface area contributed by atoms with Crippen molar-refractivity contribution in [1.82, 2.24) is 9.80 Å². The van der Waals surface area contributed by atoms with Gasteiger partial charge in [0.05, 0.1) is 32.3 Å². The molecule has 296 valence electrons. The Labute approximate surface area is 348 Å². The summed E-state index contributed by atoms with van der Waals surface area (Å²) in [5, 5.41) is 2.05. The molecule has 57 heavy (non-hydrogen) atoms. The molecular formula is C50H57N3O2S2. The van der Waals surface area contributed by atoms with E-state index < -0.39 is 0 Å². The Bertz CT molecular complexity index is 2170. The average Bonchev–Trinajstić information content (AvgIpc) is 4.04. The highest BCUT2D eigenvalue weighted by molar-refractivity contribution is 7.16. The number of amides is 2. The topological polar surface area (TPSA) is 43.9 Å². The van der Waals surface area contributed by atoms with E-state index in [1.54, 1.807) is 22.7 Å². The maximum atomic E-state index is 14.9. The van der Waals surface area contributed by atoms with E-state index >= 15 is 0 Å². The first kappa shape index (κ1) is 40.5. The van der Waals surface area contributed by atoms with Crippen LogP contribution in [0.15, 0.2) is 114 Å². The van der Waals surface area contributed by atoms with Crippen LogP contribution in [0.4, 0.5) is 17.1 Å². The summed E-state index contributed by atoms with van der Waals surface area (Å²) in [6.45, 7) is 14.4. The number of carbonyl (C=O) groups excluding carboxylic acids is 2. The molecule has 0 aliphatic carbocycles. The molecule has 2 unspecified atom stereocenters. The fourth-order valence-corrected chi connectivity index (χ4v) is 10.1. The largest absolute Gasteiger partial charge is 0.311 e. The molecule has 0 fully saturated rings. The summed E-state index contributed by atoms with van der Waals surface area (Å²) in [7, 11) is 0. The third-order valence-electron chi connectivity index (χ3n) is 11.7. The Balaban J connectivity index is 1.29. The molecule has 2 amide bonds. The van der Waals surface area contributed by atoms with Crippen molar-refractivity contribution >= 4 is 62.9 Å². The molecule has 0 saturated heterocycles. The van der Waals surface area contributed by atoms with E-state index in [1.165, 1.54) is 11.1 Å². The molecule has 7 heteroatoms. The van der Waals surface area contributed by atoms with E-state index in [9.17, 15) is 9.59 Å². The second kappa shape index (κ2) is 18.3. The minimum Gasteiger partial charge on any atom is -0.311 e. The lowest BCUT2D eigenvalue weighted by Crippen LogP contribution is -2.34. The summed E-state index contributed by atoms with van der Waals surface area (Å²) < 4.78 is 0. The van der Waals surface area contributed by atoms with E-state index in [1.807, 2.05) is 15.9 Å². The van der Waals surface area contributed by atoms with E-state index in [4.69, 9.17) is 0 Å². The van der Waals surface area contributed by atoms with Crippen LogP contribution in [0.2, 0.25) is 0 Å². The van der Waals surface area contributed by atoms with Gasteiger partial charge < -0.3 is 14.7 Å². The Hall–Kier alpha value is -4.72. The highest BCUT2D eigenvalue weighted by atomic mass is 32.1. The number of rotatable bonds is 18. The van der Waals surface area contributed by atoms with Crippen molar-refractivity contribution in [3.05, 3.63) is 134 Å². The quantitative estimate of drug-likeness (QED) is 0.0887. The van der Waals surface area contributed by atoms with Crippen LogP contribution in [0, 0.1) is 25.7 Å². The Morgan fingerprint density at radius 3 is 1.46 bits per heavy atom. The minimum absolute atomic E-state index is 0.0255. The molecule has 2 atom stereocenters. The first-order valence-electron chi connectivity index (χ1n) is 21.1. The Morgan fingerprint density at radius 2 is 1.02 bits per heavy atom. The van der Waals surface area contributed by atoms with Gasteiger partial charge in [-0.3, -0.25) is 9.59 Å². The zero-order valence-electron chi connectivity index (χ0n) is 34.5. The molecule has 0 spiro atoms. The Morgan fingerprint density at radius 1 is 0.561 bits per heavy atom. The van der Waals surface area contributed by atoms with Gasteiger partial charge >= 0.3 is 0 Å². The fraction of sp³-hybridized carbons (Fsp3) is 0.360. The highest BCUT2D eigenvalue weighted by Gasteiger charge is 2.50. The number of anilines is 3. The van der Waals surface area contributed by atoms with Crippen molar-refractivity contribution in [2.75, 3.05) is 18.0 Å². The Kier molecular flexibility index (Phi) is 13.0. The van der Waals surface area contributed by atoms with E-state index in [2.05, 4.69) is 143 Å².